The maximum absolute atomic E-state index is 12.2. The average Bonchev–Trinajstić information content (AvgIpc) is 2.95. The van der Waals surface area contributed by atoms with Crippen LogP contribution in [0.3, 0.4) is 0 Å². The maximum atomic E-state index is 12.2. The smallest absolute Gasteiger partial charge is 0.241 e. The molecule has 0 spiro atoms. The van der Waals surface area contributed by atoms with Crippen molar-refractivity contribution in [1.82, 2.24) is 5.32 Å². The van der Waals surface area contributed by atoms with Crippen LogP contribution < -0.4 is 20.1 Å². The first-order chi connectivity index (χ1) is 9.66. The van der Waals surface area contributed by atoms with Crippen molar-refractivity contribution in [3.05, 3.63) is 18.2 Å². The molecule has 2 N–H and O–H groups in total. The number of methoxy groups -OCH3 is 3. The summed E-state index contributed by atoms with van der Waals surface area (Å²) in [6.07, 6.45) is 0.759. The SMILES string of the molecule is COc1cc(NC(=O)C2CC(OC)CN2)cc(OC)c1. The number of carbonyl (C=O) groups excluding carboxylic acids is 1. The number of anilines is 1. The monoisotopic (exact) mass is 280 g/mol. The first-order valence-corrected chi connectivity index (χ1v) is 6.46. The van der Waals surface area contributed by atoms with E-state index in [0.717, 1.165) is 0 Å². The topological polar surface area (TPSA) is 68.8 Å². The summed E-state index contributed by atoms with van der Waals surface area (Å²) in [5, 5.41) is 6.00. The lowest BCUT2D eigenvalue weighted by Gasteiger charge is -2.13. The van der Waals surface area contributed by atoms with Gasteiger partial charge in [0.2, 0.25) is 5.91 Å². The van der Waals surface area contributed by atoms with Crippen LogP contribution in [0.2, 0.25) is 0 Å². The van der Waals surface area contributed by atoms with Gasteiger partial charge in [0.25, 0.3) is 0 Å². The van der Waals surface area contributed by atoms with Crippen LogP contribution in [0.4, 0.5) is 5.69 Å². The first kappa shape index (κ1) is 14.6. The van der Waals surface area contributed by atoms with Crippen LogP contribution in [0, 0.1) is 0 Å². The van der Waals surface area contributed by atoms with Crippen LogP contribution >= 0.6 is 0 Å². The Hall–Kier alpha value is -1.79. The predicted molar refractivity (Wildman–Crippen MR) is 75.4 cm³/mol. The van der Waals surface area contributed by atoms with E-state index in [1.54, 1.807) is 39.5 Å². The highest BCUT2D eigenvalue weighted by Gasteiger charge is 2.29. The number of hydrogen-bond acceptors (Lipinski definition) is 5. The van der Waals surface area contributed by atoms with E-state index >= 15 is 0 Å². The van der Waals surface area contributed by atoms with E-state index in [0.29, 0.717) is 30.2 Å². The van der Waals surface area contributed by atoms with Crippen LogP contribution in [0.5, 0.6) is 11.5 Å². The molecule has 110 valence electrons. The standard InChI is InChI=1S/C14H20N2O4/c1-18-10-4-9(5-11(6-10)19-2)16-14(17)13-7-12(20-3)8-15-13/h4-6,12-13,15H,7-8H2,1-3H3,(H,16,17). The third kappa shape index (κ3) is 3.40. The molecule has 0 radical (unpaired) electrons. The van der Waals surface area contributed by atoms with Gasteiger partial charge in [-0.15, -0.1) is 0 Å². The van der Waals surface area contributed by atoms with Crippen LogP contribution in [0.25, 0.3) is 0 Å². The van der Waals surface area contributed by atoms with Gasteiger partial charge in [-0.25, -0.2) is 0 Å². The highest BCUT2D eigenvalue weighted by Crippen LogP contribution is 2.26. The molecule has 0 aromatic heterocycles. The van der Waals surface area contributed by atoms with Crippen molar-refractivity contribution < 1.29 is 19.0 Å². The summed E-state index contributed by atoms with van der Waals surface area (Å²) in [5.41, 5.74) is 0.647. The Labute approximate surface area is 118 Å². The fourth-order valence-corrected chi connectivity index (χ4v) is 2.19. The summed E-state index contributed by atoms with van der Waals surface area (Å²) in [6, 6.07) is 5.02. The van der Waals surface area contributed by atoms with E-state index in [9.17, 15) is 4.79 Å². The molecular weight excluding hydrogens is 260 g/mol. The lowest BCUT2D eigenvalue weighted by Crippen LogP contribution is -2.35. The second kappa shape index (κ2) is 6.58. The summed E-state index contributed by atoms with van der Waals surface area (Å²) in [5.74, 6) is 1.18. The van der Waals surface area contributed by atoms with Crippen LogP contribution in [-0.4, -0.2) is 45.9 Å². The molecule has 6 nitrogen and oxygen atoms in total. The number of carbonyl (C=O) groups is 1. The molecule has 1 aliphatic rings. The molecule has 1 aromatic carbocycles. The molecule has 1 fully saturated rings. The van der Waals surface area contributed by atoms with E-state index in [1.807, 2.05) is 0 Å². The fourth-order valence-electron chi connectivity index (χ4n) is 2.19. The summed E-state index contributed by atoms with van der Waals surface area (Å²) < 4.78 is 15.6. The largest absolute Gasteiger partial charge is 0.497 e. The Morgan fingerprint density at radius 3 is 2.35 bits per heavy atom. The molecule has 1 saturated heterocycles. The molecule has 1 aliphatic heterocycles. The van der Waals surface area contributed by atoms with Crippen molar-refractivity contribution in [3.63, 3.8) is 0 Å². The number of hydrogen-bond donors (Lipinski definition) is 2. The number of rotatable bonds is 5. The fraction of sp³-hybridized carbons (Fsp3) is 0.500. The summed E-state index contributed by atoms with van der Waals surface area (Å²) >= 11 is 0. The number of amides is 1. The minimum atomic E-state index is -0.239. The summed E-state index contributed by atoms with van der Waals surface area (Å²) in [6.45, 7) is 0.690. The van der Waals surface area contributed by atoms with Gasteiger partial charge in [0, 0.05) is 37.5 Å². The Balaban J connectivity index is 2.04. The van der Waals surface area contributed by atoms with E-state index in [2.05, 4.69) is 10.6 Å². The Bertz CT molecular complexity index is 456. The zero-order valence-corrected chi connectivity index (χ0v) is 11.9. The van der Waals surface area contributed by atoms with Crippen molar-refractivity contribution >= 4 is 11.6 Å². The normalized spacial score (nSPS) is 21.6. The molecule has 2 unspecified atom stereocenters. The lowest BCUT2D eigenvalue weighted by molar-refractivity contribution is -0.118. The summed E-state index contributed by atoms with van der Waals surface area (Å²) in [7, 11) is 4.80. The Kier molecular flexibility index (Phi) is 4.81. The number of ether oxygens (including phenoxy) is 3. The summed E-state index contributed by atoms with van der Waals surface area (Å²) in [4.78, 5) is 12.2. The first-order valence-electron chi connectivity index (χ1n) is 6.46. The van der Waals surface area contributed by atoms with E-state index in [4.69, 9.17) is 14.2 Å². The second-order valence-electron chi connectivity index (χ2n) is 4.64. The molecule has 6 heteroatoms. The minimum absolute atomic E-state index is 0.0835. The second-order valence-corrected chi connectivity index (χ2v) is 4.64. The quantitative estimate of drug-likeness (QED) is 0.843. The molecule has 1 aromatic rings. The lowest BCUT2D eigenvalue weighted by atomic mass is 10.2. The van der Waals surface area contributed by atoms with Gasteiger partial charge in [-0.05, 0) is 6.42 Å². The van der Waals surface area contributed by atoms with Gasteiger partial charge in [-0.1, -0.05) is 0 Å². The molecule has 0 aliphatic carbocycles. The molecule has 0 saturated carbocycles. The van der Waals surface area contributed by atoms with Gasteiger partial charge in [0.1, 0.15) is 11.5 Å². The number of benzene rings is 1. The zero-order valence-electron chi connectivity index (χ0n) is 11.9. The molecule has 2 rings (SSSR count). The minimum Gasteiger partial charge on any atom is -0.497 e. The molecule has 1 heterocycles. The van der Waals surface area contributed by atoms with Gasteiger partial charge < -0.3 is 24.8 Å². The van der Waals surface area contributed by atoms with Gasteiger partial charge >= 0.3 is 0 Å². The van der Waals surface area contributed by atoms with Gasteiger partial charge in [0.05, 0.1) is 26.4 Å². The van der Waals surface area contributed by atoms with Gasteiger partial charge in [-0.2, -0.15) is 0 Å². The van der Waals surface area contributed by atoms with Crippen molar-refractivity contribution in [2.24, 2.45) is 0 Å². The molecular formula is C14H20N2O4. The Morgan fingerprint density at radius 1 is 1.20 bits per heavy atom. The highest BCUT2D eigenvalue weighted by molar-refractivity contribution is 5.95. The van der Waals surface area contributed by atoms with E-state index in [-0.39, 0.29) is 18.1 Å². The van der Waals surface area contributed by atoms with Gasteiger partial charge in [0.15, 0.2) is 0 Å². The van der Waals surface area contributed by atoms with Crippen LogP contribution in [0.15, 0.2) is 18.2 Å². The molecule has 1 amide bonds. The average molecular weight is 280 g/mol. The van der Waals surface area contributed by atoms with E-state index < -0.39 is 0 Å². The van der Waals surface area contributed by atoms with Crippen molar-refractivity contribution in [2.45, 2.75) is 18.6 Å². The maximum Gasteiger partial charge on any atom is 0.241 e. The zero-order chi connectivity index (χ0) is 14.5. The van der Waals surface area contributed by atoms with Crippen molar-refractivity contribution in [2.75, 3.05) is 33.2 Å². The third-order valence-corrected chi connectivity index (χ3v) is 3.36. The molecule has 2 atom stereocenters. The molecule has 0 bridgehead atoms. The number of nitrogens with one attached hydrogen (secondary N) is 2. The van der Waals surface area contributed by atoms with Crippen LogP contribution in [-0.2, 0) is 9.53 Å². The highest BCUT2D eigenvalue weighted by atomic mass is 16.5. The van der Waals surface area contributed by atoms with Crippen molar-refractivity contribution in [3.8, 4) is 11.5 Å². The third-order valence-electron chi connectivity index (χ3n) is 3.36. The predicted octanol–water partition coefficient (Wildman–Crippen LogP) is 1.02. The van der Waals surface area contributed by atoms with Gasteiger partial charge in [-0.3, -0.25) is 4.79 Å². The van der Waals surface area contributed by atoms with Crippen molar-refractivity contribution in [1.29, 1.82) is 0 Å². The molecule has 20 heavy (non-hydrogen) atoms. The van der Waals surface area contributed by atoms with Crippen LogP contribution in [0.1, 0.15) is 6.42 Å². The van der Waals surface area contributed by atoms with E-state index in [1.165, 1.54) is 0 Å². The Morgan fingerprint density at radius 2 is 1.85 bits per heavy atom.